The van der Waals surface area contributed by atoms with Crippen LogP contribution in [0, 0.1) is 13.8 Å². The molecule has 0 aliphatic rings. The predicted molar refractivity (Wildman–Crippen MR) is 96.5 cm³/mol. The highest BCUT2D eigenvalue weighted by molar-refractivity contribution is 7.92. The lowest BCUT2D eigenvalue weighted by Crippen LogP contribution is -2.15. The maximum absolute atomic E-state index is 12.7. The van der Waals surface area contributed by atoms with Crippen molar-refractivity contribution in [2.75, 3.05) is 4.72 Å². The molecular formula is C18H17NO2S2. The Bertz CT molecular complexity index is 908. The zero-order chi connectivity index (χ0) is 16.4. The molecule has 3 rings (SSSR count). The number of benzene rings is 2. The van der Waals surface area contributed by atoms with Crippen molar-refractivity contribution in [1.29, 1.82) is 0 Å². The molecule has 0 radical (unpaired) electrons. The van der Waals surface area contributed by atoms with Crippen molar-refractivity contribution < 1.29 is 8.42 Å². The third kappa shape index (κ3) is 3.30. The van der Waals surface area contributed by atoms with Crippen LogP contribution in [0.1, 0.15) is 11.1 Å². The predicted octanol–water partition coefficient (Wildman–Crippen LogP) is 4.83. The number of thiophene rings is 1. The Kier molecular flexibility index (Phi) is 4.24. The fraction of sp³-hybridized carbons (Fsp3) is 0.111. The van der Waals surface area contributed by atoms with Crippen molar-refractivity contribution in [3.05, 3.63) is 71.1 Å². The quantitative estimate of drug-likeness (QED) is 0.737. The second-order valence-electron chi connectivity index (χ2n) is 5.39. The standard InChI is InChI=1S/C18H17NO2S2/c1-13-7-6-8-14(2)18(13)23(20,21)19-16-11-17(22-12-16)15-9-4-3-5-10-15/h3-12,19H,1-2H3. The van der Waals surface area contributed by atoms with E-state index in [4.69, 9.17) is 0 Å². The minimum atomic E-state index is -3.59. The molecule has 0 aliphatic carbocycles. The molecule has 3 nitrogen and oxygen atoms in total. The lowest BCUT2D eigenvalue weighted by molar-refractivity contribution is 0.600. The molecule has 0 saturated carbocycles. The summed E-state index contributed by atoms with van der Waals surface area (Å²) in [6.07, 6.45) is 0. The summed E-state index contributed by atoms with van der Waals surface area (Å²) in [5.41, 5.74) is 3.17. The Labute approximate surface area is 140 Å². The molecule has 0 amide bonds. The maximum atomic E-state index is 12.7. The van der Waals surface area contributed by atoms with Gasteiger partial charge in [0, 0.05) is 10.3 Å². The van der Waals surface area contributed by atoms with Gasteiger partial charge in [0.15, 0.2) is 0 Å². The molecular weight excluding hydrogens is 326 g/mol. The first kappa shape index (κ1) is 15.8. The minimum absolute atomic E-state index is 0.354. The maximum Gasteiger partial charge on any atom is 0.262 e. The normalized spacial score (nSPS) is 11.4. The van der Waals surface area contributed by atoms with E-state index >= 15 is 0 Å². The van der Waals surface area contributed by atoms with Crippen LogP contribution in [0.5, 0.6) is 0 Å². The molecule has 0 aliphatic heterocycles. The summed E-state index contributed by atoms with van der Waals surface area (Å²) in [7, 11) is -3.59. The number of sulfonamides is 1. The molecule has 23 heavy (non-hydrogen) atoms. The van der Waals surface area contributed by atoms with Gasteiger partial charge in [-0.25, -0.2) is 8.42 Å². The van der Waals surface area contributed by atoms with Crippen LogP contribution in [-0.4, -0.2) is 8.42 Å². The minimum Gasteiger partial charge on any atom is -0.279 e. The molecule has 118 valence electrons. The number of hydrogen-bond acceptors (Lipinski definition) is 3. The van der Waals surface area contributed by atoms with Crippen molar-refractivity contribution in [2.24, 2.45) is 0 Å². The van der Waals surface area contributed by atoms with E-state index in [0.717, 1.165) is 21.6 Å². The zero-order valence-electron chi connectivity index (χ0n) is 12.9. The molecule has 0 bridgehead atoms. The van der Waals surface area contributed by atoms with Gasteiger partial charge in [0.2, 0.25) is 0 Å². The van der Waals surface area contributed by atoms with Crippen molar-refractivity contribution in [1.82, 2.24) is 0 Å². The van der Waals surface area contributed by atoms with Gasteiger partial charge in [-0.05, 0) is 36.6 Å². The summed E-state index contributed by atoms with van der Waals surface area (Å²) >= 11 is 1.52. The van der Waals surface area contributed by atoms with Crippen molar-refractivity contribution in [3.63, 3.8) is 0 Å². The first-order chi connectivity index (χ1) is 11.0. The number of nitrogens with one attached hydrogen (secondary N) is 1. The summed E-state index contributed by atoms with van der Waals surface area (Å²) in [5.74, 6) is 0. The van der Waals surface area contributed by atoms with Crippen molar-refractivity contribution in [2.45, 2.75) is 18.7 Å². The van der Waals surface area contributed by atoms with Crippen molar-refractivity contribution in [3.8, 4) is 10.4 Å². The van der Waals surface area contributed by atoms with E-state index in [-0.39, 0.29) is 0 Å². The van der Waals surface area contributed by atoms with E-state index in [1.165, 1.54) is 11.3 Å². The Hall–Kier alpha value is -2.11. The molecule has 0 spiro atoms. The second kappa shape index (κ2) is 6.18. The van der Waals surface area contributed by atoms with E-state index in [2.05, 4.69) is 4.72 Å². The highest BCUT2D eigenvalue weighted by atomic mass is 32.2. The van der Waals surface area contributed by atoms with Crippen LogP contribution < -0.4 is 4.72 Å². The number of anilines is 1. The van der Waals surface area contributed by atoms with E-state index in [1.54, 1.807) is 0 Å². The van der Waals surface area contributed by atoms with Gasteiger partial charge in [-0.3, -0.25) is 4.72 Å². The van der Waals surface area contributed by atoms with Gasteiger partial charge >= 0.3 is 0 Å². The van der Waals surface area contributed by atoms with Gasteiger partial charge in [-0.1, -0.05) is 48.5 Å². The van der Waals surface area contributed by atoms with Gasteiger partial charge in [0.05, 0.1) is 10.6 Å². The van der Waals surface area contributed by atoms with Crippen LogP contribution in [0.3, 0.4) is 0 Å². The van der Waals surface area contributed by atoms with Crippen LogP contribution >= 0.6 is 11.3 Å². The fourth-order valence-corrected chi connectivity index (χ4v) is 5.01. The molecule has 0 fully saturated rings. The Balaban J connectivity index is 1.92. The van der Waals surface area contributed by atoms with Crippen LogP contribution in [0.4, 0.5) is 5.69 Å². The van der Waals surface area contributed by atoms with Crippen molar-refractivity contribution >= 4 is 27.0 Å². The molecule has 5 heteroatoms. The highest BCUT2D eigenvalue weighted by Gasteiger charge is 2.19. The largest absolute Gasteiger partial charge is 0.279 e. The first-order valence-electron chi connectivity index (χ1n) is 7.20. The van der Waals surface area contributed by atoms with Gasteiger partial charge in [-0.2, -0.15) is 0 Å². The third-order valence-electron chi connectivity index (χ3n) is 3.59. The Morgan fingerprint density at radius 2 is 1.57 bits per heavy atom. The number of aryl methyl sites for hydroxylation is 2. The first-order valence-corrected chi connectivity index (χ1v) is 9.56. The van der Waals surface area contributed by atoms with Gasteiger partial charge in [0.1, 0.15) is 0 Å². The Morgan fingerprint density at radius 1 is 0.913 bits per heavy atom. The molecule has 0 saturated heterocycles. The Morgan fingerprint density at radius 3 is 2.22 bits per heavy atom. The summed E-state index contributed by atoms with van der Waals surface area (Å²) in [6, 6.07) is 17.3. The summed E-state index contributed by atoms with van der Waals surface area (Å²) < 4.78 is 28.1. The lowest BCUT2D eigenvalue weighted by atomic mass is 10.2. The molecule has 0 unspecified atom stereocenters. The molecule has 1 heterocycles. The smallest absolute Gasteiger partial charge is 0.262 e. The second-order valence-corrected chi connectivity index (χ2v) is 7.92. The van der Waals surface area contributed by atoms with E-state index in [1.807, 2.05) is 73.8 Å². The average molecular weight is 343 g/mol. The fourth-order valence-electron chi connectivity index (χ4n) is 2.57. The monoisotopic (exact) mass is 343 g/mol. The summed E-state index contributed by atoms with van der Waals surface area (Å²) in [4.78, 5) is 1.39. The summed E-state index contributed by atoms with van der Waals surface area (Å²) in [6.45, 7) is 3.62. The van der Waals surface area contributed by atoms with Gasteiger partial charge < -0.3 is 0 Å². The topological polar surface area (TPSA) is 46.2 Å². The number of rotatable bonds is 4. The van der Waals surface area contributed by atoms with Crippen LogP contribution in [0.15, 0.2) is 64.9 Å². The molecule has 1 N–H and O–H groups in total. The van der Waals surface area contributed by atoms with Crippen LogP contribution in [0.25, 0.3) is 10.4 Å². The van der Waals surface area contributed by atoms with E-state index in [9.17, 15) is 8.42 Å². The third-order valence-corrected chi connectivity index (χ3v) is 6.25. The molecule has 2 aromatic carbocycles. The molecule has 0 atom stereocenters. The van der Waals surface area contributed by atoms with Crippen LogP contribution in [-0.2, 0) is 10.0 Å². The van der Waals surface area contributed by atoms with E-state index in [0.29, 0.717) is 10.6 Å². The zero-order valence-corrected chi connectivity index (χ0v) is 14.5. The summed E-state index contributed by atoms with van der Waals surface area (Å²) in [5, 5.41) is 1.83. The highest BCUT2D eigenvalue weighted by Crippen LogP contribution is 2.31. The average Bonchev–Trinajstić information content (AvgIpc) is 2.95. The number of hydrogen-bond donors (Lipinski definition) is 1. The molecule has 1 aromatic heterocycles. The van der Waals surface area contributed by atoms with Gasteiger partial charge in [0.25, 0.3) is 10.0 Å². The van der Waals surface area contributed by atoms with Gasteiger partial charge in [-0.15, -0.1) is 11.3 Å². The molecule has 3 aromatic rings. The van der Waals surface area contributed by atoms with E-state index < -0.39 is 10.0 Å². The SMILES string of the molecule is Cc1cccc(C)c1S(=O)(=O)Nc1csc(-c2ccccc2)c1. The lowest BCUT2D eigenvalue weighted by Gasteiger charge is -2.11. The van der Waals surface area contributed by atoms with Crippen LogP contribution in [0.2, 0.25) is 0 Å².